The van der Waals surface area contributed by atoms with Crippen LogP contribution in [0.5, 0.6) is 0 Å². The number of para-hydroxylation sites is 1. The molecule has 1 saturated heterocycles. The molecule has 160 valence electrons. The molecule has 1 amide bonds. The minimum atomic E-state index is 0.0818. The van der Waals surface area contributed by atoms with Gasteiger partial charge in [-0.15, -0.1) is 13.0 Å². The highest BCUT2D eigenvalue weighted by atomic mass is 16.2. The Labute approximate surface area is 186 Å². The van der Waals surface area contributed by atoms with E-state index in [1.807, 2.05) is 12.1 Å². The number of hydrogen-bond donors (Lipinski definition) is 1. The number of hydrogen-bond acceptors (Lipinski definition) is 1. The van der Waals surface area contributed by atoms with Gasteiger partial charge in [-0.25, -0.2) is 0 Å². The summed E-state index contributed by atoms with van der Waals surface area (Å²) in [5.41, 5.74) is 5.80. The SMILES string of the molecule is Cc1cccc(C)c1NC(=O)C[N+]1(Cc2ccccc2)[CH-]CCC(c2ccccc2)C1. The van der Waals surface area contributed by atoms with Gasteiger partial charge in [-0.2, -0.15) is 0 Å². The van der Waals surface area contributed by atoms with E-state index >= 15 is 0 Å². The summed E-state index contributed by atoms with van der Waals surface area (Å²) in [5.74, 6) is 0.543. The fraction of sp³-hybridized carbons (Fsp3) is 0.286. The van der Waals surface area contributed by atoms with Crippen LogP contribution >= 0.6 is 0 Å². The van der Waals surface area contributed by atoms with Crippen LogP contribution in [0.1, 0.15) is 41.0 Å². The van der Waals surface area contributed by atoms with E-state index in [0.717, 1.165) is 42.7 Å². The van der Waals surface area contributed by atoms with Crippen molar-refractivity contribution in [3.8, 4) is 0 Å². The van der Waals surface area contributed by atoms with Crippen molar-refractivity contribution in [3.05, 3.63) is 108 Å². The minimum absolute atomic E-state index is 0.0818. The third-order valence-corrected chi connectivity index (χ3v) is 6.43. The first kappa shape index (κ1) is 21.3. The lowest BCUT2D eigenvalue weighted by Gasteiger charge is -2.52. The fourth-order valence-electron chi connectivity index (χ4n) is 4.89. The molecule has 0 aliphatic carbocycles. The molecule has 1 heterocycles. The Bertz CT molecular complexity index is 995. The molecular formula is C28H32N2O. The van der Waals surface area contributed by atoms with Crippen LogP contribution in [0.3, 0.4) is 0 Å². The van der Waals surface area contributed by atoms with Gasteiger partial charge in [-0.1, -0.05) is 85.3 Å². The molecule has 0 saturated carbocycles. The molecule has 3 heteroatoms. The van der Waals surface area contributed by atoms with Gasteiger partial charge >= 0.3 is 0 Å². The van der Waals surface area contributed by atoms with Gasteiger partial charge in [0.15, 0.2) is 0 Å². The van der Waals surface area contributed by atoms with Crippen molar-refractivity contribution in [2.75, 3.05) is 18.4 Å². The van der Waals surface area contributed by atoms with Crippen molar-refractivity contribution in [1.82, 2.24) is 0 Å². The summed E-state index contributed by atoms with van der Waals surface area (Å²) in [6.07, 6.45) is 2.15. The number of nitrogens with one attached hydrogen (secondary N) is 1. The molecule has 0 bridgehead atoms. The highest BCUT2D eigenvalue weighted by molar-refractivity contribution is 5.93. The first-order valence-electron chi connectivity index (χ1n) is 11.2. The lowest BCUT2D eigenvalue weighted by molar-refractivity contribution is -0.911. The summed E-state index contributed by atoms with van der Waals surface area (Å²) >= 11 is 0. The zero-order chi connectivity index (χ0) is 21.7. The van der Waals surface area contributed by atoms with Gasteiger partial charge < -0.3 is 9.80 Å². The summed E-state index contributed by atoms with van der Waals surface area (Å²) in [4.78, 5) is 13.3. The molecule has 1 fully saturated rings. The van der Waals surface area contributed by atoms with Gasteiger partial charge in [0, 0.05) is 17.2 Å². The second-order valence-electron chi connectivity index (χ2n) is 8.89. The van der Waals surface area contributed by atoms with Crippen LogP contribution in [0, 0.1) is 20.4 Å². The van der Waals surface area contributed by atoms with Gasteiger partial charge in [-0.05, 0) is 30.5 Å². The summed E-state index contributed by atoms with van der Waals surface area (Å²) in [5, 5.41) is 3.22. The van der Waals surface area contributed by atoms with Crippen LogP contribution in [0.25, 0.3) is 0 Å². The van der Waals surface area contributed by atoms with E-state index in [4.69, 9.17) is 0 Å². The van der Waals surface area contributed by atoms with Crippen LogP contribution in [0.2, 0.25) is 0 Å². The summed E-state index contributed by atoms with van der Waals surface area (Å²) in [6.45, 7) is 8.71. The van der Waals surface area contributed by atoms with Gasteiger partial charge in [0.1, 0.15) is 6.54 Å². The highest BCUT2D eigenvalue weighted by Crippen LogP contribution is 2.35. The molecule has 3 aromatic rings. The Morgan fingerprint density at radius 3 is 2.26 bits per heavy atom. The molecule has 1 aliphatic rings. The standard InChI is InChI=1S/C28H32N2O/c1-22-11-9-12-23(2)28(22)29-27(31)21-30(19-24-13-5-3-6-14-24)18-10-17-26(20-30)25-15-7-4-8-16-25/h3-9,11-16,18,26H,10,17,19-21H2,1-2H3,(H,29,31). The Balaban J connectivity index is 1.58. The molecule has 4 rings (SSSR count). The predicted octanol–water partition coefficient (Wildman–Crippen LogP) is 6.00. The molecule has 31 heavy (non-hydrogen) atoms. The lowest BCUT2D eigenvalue weighted by Crippen LogP contribution is -2.53. The normalized spacial score (nSPS) is 20.9. The topological polar surface area (TPSA) is 29.1 Å². The number of piperidine rings is 1. The maximum Gasteiger partial charge on any atom is 0.277 e. The van der Waals surface area contributed by atoms with Gasteiger partial charge in [0.25, 0.3) is 5.91 Å². The predicted molar refractivity (Wildman–Crippen MR) is 127 cm³/mol. The van der Waals surface area contributed by atoms with Crippen molar-refractivity contribution >= 4 is 11.6 Å². The Morgan fingerprint density at radius 1 is 0.935 bits per heavy atom. The third-order valence-electron chi connectivity index (χ3n) is 6.43. The molecule has 3 nitrogen and oxygen atoms in total. The lowest BCUT2D eigenvalue weighted by atomic mass is 9.88. The van der Waals surface area contributed by atoms with Gasteiger partial charge in [-0.3, -0.25) is 4.79 Å². The number of likely N-dealkylation sites (tertiary alicyclic amines) is 1. The average molecular weight is 413 g/mol. The van der Waals surface area contributed by atoms with E-state index in [1.54, 1.807) is 0 Å². The fourth-order valence-corrected chi connectivity index (χ4v) is 4.89. The first-order chi connectivity index (χ1) is 15.0. The van der Waals surface area contributed by atoms with E-state index < -0.39 is 0 Å². The second-order valence-corrected chi connectivity index (χ2v) is 8.89. The Hall–Kier alpha value is -2.91. The minimum Gasteiger partial charge on any atom is -0.442 e. The van der Waals surface area contributed by atoms with Crippen molar-refractivity contribution in [2.24, 2.45) is 0 Å². The molecule has 2 atom stereocenters. The molecule has 3 aromatic carbocycles. The maximum atomic E-state index is 13.3. The number of rotatable bonds is 6. The molecule has 0 aromatic heterocycles. The number of nitrogens with zero attached hydrogens (tertiary/aromatic N) is 1. The monoisotopic (exact) mass is 412 g/mol. The van der Waals surface area contributed by atoms with Crippen LogP contribution in [-0.2, 0) is 11.3 Å². The van der Waals surface area contributed by atoms with E-state index in [9.17, 15) is 4.79 Å². The Kier molecular flexibility index (Phi) is 6.53. The maximum absolute atomic E-state index is 13.3. The largest absolute Gasteiger partial charge is 0.442 e. The molecule has 0 radical (unpaired) electrons. The van der Waals surface area contributed by atoms with E-state index in [-0.39, 0.29) is 5.91 Å². The molecular weight excluding hydrogens is 380 g/mol. The van der Waals surface area contributed by atoms with E-state index in [2.05, 4.69) is 92.4 Å². The molecule has 1 aliphatic heterocycles. The van der Waals surface area contributed by atoms with Crippen LogP contribution in [0.4, 0.5) is 5.69 Å². The molecule has 1 N–H and O–H groups in total. The number of carbonyl (C=O) groups excluding carboxylic acids is 1. The zero-order valence-corrected chi connectivity index (χ0v) is 18.6. The van der Waals surface area contributed by atoms with Gasteiger partial charge in [0.2, 0.25) is 0 Å². The first-order valence-corrected chi connectivity index (χ1v) is 11.2. The van der Waals surface area contributed by atoms with Gasteiger partial charge in [0.05, 0.1) is 13.1 Å². The number of aryl methyl sites for hydroxylation is 2. The number of anilines is 1. The zero-order valence-electron chi connectivity index (χ0n) is 18.6. The van der Waals surface area contributed by atoms with Crippen molar-refractivity contribution in [2.45, 2.75) is 39.2 Å². The van der Waals surface area contributed by atoms with Crippen molar-refractivity contribution in [1.29, 1.82) is 0 Å². The van der Waals surface area contributed by atoms with Crippen molar-refractivity contribution in [3.63, 3.8) is 0 Å². The average Bonchev–Trinajstić information content (AvgIpc) is 2.78. The highest BCUT2D eigenvalue weighted by Gasteiger charge is 2.32. The Morgan fingerprint density at radius 2 is 1.58 bits per heavy atom. The van der Waals surface area contributed by atoms with Crippen LogP contribution in [-0.4, -0.2) is 23.5 Å². The molecule has 0 spiro atoms. The summed E-state index contributed by atoms with van der Waals surface area (Å²) < 4.78 is 0.681. The number of benzene rings is 3. The van der Waals surface area contributed by atoms with Crippen molar-refractivity contribution < 1.29 is 9.28 Å². The third kappa shape index (κ3) is 5.23. The quantitative estimate of drug-likeness (QED) is 0.390. The van der Waals surface area contributed by atoms with E-state index in [0.29, 0.717) is 16.9 Å². The number of quaternary nitrogens is 1. The number of carbonyl (C=O) groups is 1. The van der Waals surface area contributed by atoms with Crippen LogP contribution in [0.15, 0.2) is 78.9 Å². The smallest absolute Gasteiger partial charge is 0.277 e. The van der Waals surface area contributed by atoms with E-state index in [1.165, 1.54) is 11.1 Å². The second kappa shape index (κ2) is 9.49. The molecule has 2 unspecified atom stereocenters. The summed E-state index contributed by atoms with van der Waals surface area (Å²) in [7, 11) is 0. The van der Waals surface area contributed by atoms with Crippen LogP contribution < -0.4 is 5.32 Å². The number of amides is 1. The summed E-state index contributed by atoms with van der Waals surface area (Å²) in [6, 6.07) is 27.5.